The van der Waals surface area contributed by atoms with E-state index in [2.05, 4.69) is 5.32 Å². The molecule has 2 rings (SSSR count). The van der Waals surface area contributed by atoms with Crippen LogP contribution in [0, 0.1) is 5.92 Å². The van der Waals surface area contributed by atoms with Crippen molar-refractivity contribution in [2.24, 2.45) is 5.92 Å². The van der Waals surface area contributed by atoms with Gasteiger partial charge in [0.15, 0.2) is 0 Å². The largest absolute Gasteiger partial charge is 0.458 e. The third-order valence-electron chi connectivity index (χ3n) is 4.36. The molecule has 28 heavy (non-hydrogen) atoms. The van der Waals surface area contributed by atoms with Gasteiger partial charge in [-0.1, -0.05) is 44.2 Å². The molecule has 1 heterocycles. The minimum Gasteiger partial charge on any atom is -0.458 e. The van der Waals surface area contributed by atoms with Gasteiger partial charge in [0.2, 0.25) is 5.91 Å². The van der Waals surface area contributed by atoms with Gasteiger partial charge in [0.1, 0.15) is 24.3 Å². The molecule has 0 saturated carbocycles. The Bertz CT molecular complexity index is 696. The number of hydrogen-bond donors (Lipinski definition) is 1. The van der Waals surface area contributed by atoms with Crippen molar-refractivity contribution in [1.29, 1.82) is 0 Å². The van der Waals surface area contributed by atoms with E-state index in [1.807, 2.05) is 44.2 Å². The maximum Gasteiger partial charge on any atom is 0.408 e. The van der Waals surface area contributed by atoms with E-state index >= 15 is 0 Å². The highest BCUT2D eigenvalue weighted by Gasteiger charge is 2.42. The number of carbonyl (C=O) groups is 3. The number of likely N-dealkylation sites (tertiary alicyclic amines) is 1. The van der Waals surface area contributed by atoms with Gasteiger partial charge in [0, 0.05) is 6.54 Å². The first-order valence-corrected chi connectivity index (χ1v) is 9.59. The Hall–Kier alpha value is -2.57. The minimum absolute atomic E-state index is 0.109. The molecular formula is C21H30N2O5. The second kappa shape index (κ2) is 9.08. The van der Waals surface area contributed by atoms with Crippen molar-refractivity contribution in [3.63, 3.8) is 0 Å². The Morgan fingerprint density at radius 3 is 2.43 bits per heavy atom. The standard InChI is InChI=1S/C21H30N2O5/c1-14(2)17(19(25)28-21(3,4)5)23-12-11-16(18(23)24)22-20(26)27-13-15-9-7-6-8-10-15/h6-10,14,16-17H,11-13H2,1-5H3,(H,22,26)/t16-,17+/m1/s1. The number of benzene rings is 1. The van der Waals surface area contributed by atoms with E-state index in [9.17, 15) is 14.4 Å². The Morgan fingerprint density at radius 1 is 1.21 bits per heavy atom. The first-order chi connectivity index (χ1) is 13.1. The zero-order valence-electron chi connectivity index (χ0n) is 17.2. The molecule has 0 aromatic heterocycles. The van der Waals surface area contributed by atoms with Crippen molar-refractivity contribution in [3.05, 3.63) is 35.9 Å². The number of hydrogen-bond acceptors (Lipinski definition) is 5. The first-order valence-electron chi connectivity index (χ1n) is 9.59. The normalized spacial score (nSPS) is 18.1. The summed E-state index contributed by atoms with van der Waals surface area (Å²) < 4.78 is 10.7. The maximum absolute atomic E-state index is 12.8. The fourth-order valence-corrected chi connectivity index (χ4v) is 3.14. The van der Waals surface area contributed by atoms with Gasteiger partial charge in [0.25, 0.3) is 0 Å². The van der Waals surface area contributed by atoms with Crippen LogP contribution < -0.4 is 5.32 Å². The second-order valence-corrected chi connectivity index (χ2v) is 8.30. The molecule has 1 aliphatic rings. The summed E-state index contributed by atoms with van der Waals surface area (Å²) in [5.41, 5.74) is 0.230. The van der Waals surface area contributed by atoms with E-state index in [0.29, 0.717) is 13.0 Å². The van der Waals surface area contributed by atoms with Crippen LogP contribution in [0.1, 0.15) is 46.6 Å². The molecule has 7 heteroatoms. The molecule has 0 radical (unpaired) electrons. The number of nitrogens with one attached hydrogen (secondary N) is 1. The summed E-state index contributed by atoms with van der Waals surface area (Å²) in [5, 5.41) is 2.61. The van der Waals surface area contributed by atoms with Crippen LogP contribution in [0.3, 0.4) is 0 Å². The Morgan fingerprint density at radius 2 is 1.86 bits per heavy atom. The van der Waals surface area contributed by atoms with Crippen molar-refractivity contribution in [3.8, 4) is 0 Å². The van der Waals surface area contributed by atoms with Crippen LogP contribution in [-0.2, 0) is 25.7 Å². The van der Waals surface area contributed by atoms with Crippen LogP contribution in [-0.4, -0.2) is 47.1 Å². The van der Waals surface area contributed by atoms with Gasteiger partial charge in [-0.15, -0.1) is 0 Å². The van der Waals surface area contributed by atoms with Crippen molar-refractivity contribution in [2.75, 3.05) is 6.54 Å². The van der Waals surface area contributed by atoms with E-state index in [1.54, 1.807) is 20.8 Å². The number of carbonyl (C=O) groups excluding carboxylic acids is 3. The summed E-state index contributed by atoms with van der Waals surface area (Å²) in [6.45, 7) is 9.63. The highest BCUT2D eigenvalue weighted by Crippen LogP contribution is 2.23. The summed E-state index contributed by atoms with van der Waals surface area (Å²) in [6, 6.07) is 7.92. The second-order valence-electron chi connectivity index (χ2n) is 8.30. The number of rotatable bonds is 6. The zero-order valence-corrected chi connectivity index (χ0v) is 17.2. The van der Waals surface area contributed by atoms with E-state index in [-0.39, 0.29) is 18.4 Å². The van der Waals surface area contributed by atoms with Gasteiger partial charge in [-0.25, -0.2) is 9.59 Å². The summed E-state index contributed by atoms with van der Waals surface area (Å²) in [6.07, 6.45) is -0.229. The molecule has 0 aliphatic carbocycles. The predicted molar refractivity (Wildman–Crippen MR) is 104 cm³/mol. The van der Waals surface area contributed by atoms with Crippen LogP contribution >= 0.6 is 0 Å². The van der Waals surface area contributed by atoms with Crippen LogP contribution in [0.4, 0.5) is 4.79 Å². The van der Waals surface area contributed by atoms with Crippen LogP contribution in [0.5, 0.6) is 0 Å². The molecule has 1 saturated heterocycles. The van der Waals surface area contributed by atoms with E-state index in [1.165, 1.54) is 4.90 Å². The van der Waals surface area contributed by atoms with Crippen LogP contribution in [0.2, 0.25) is 0 Å². The predicted octanol–water partition coefficient (Wildman–Crippen LogP) is 2.88. The molecule has 1 aliphatic heterocycles. The van der Waals surface area contributed by atoms with Crippen molar-refractivity contribution in [1.82, 2.24) is 10.2 Å². The Kier molecular flexibility index (Phi) is 7.05. The summed E-state index contributed by atoms with van der Waals surface area (Å²) in [4.78, 5) is 38.9. The van der Waals surface area contributed by atoms with Gasteiger partial charge >= 0.3 is 12.1 Å². The lowest BCUT2D eigenvalue weighted by Crippen LogP contribution is -2.51. The molecule has 7 nitrogen and oxygen atoms in total. The Balaban J connectivity index is 1.94. The minimum atomic E-state index is -0.702. The van der Waals surface area contributed by atoms with Gasteiger partial charge in [-0.05, 0) is 38.7 Å². The highest BCUT2D eigenvalue weighted by molar-refractivity contribution is 5.91. The van der Waals surface area contributed by atoms with Crippen molar-refractivity contribution < 1.29 is 23.9 Å². The smallest absolute Gasteiger partial charge is 0.408 e. The topological polar surface area (TPSA) is 84.9 Å². The number of alkyl carbamates (subject to hydrolysis) is 1. The number of nitrogens with zero attached hydrogens (tertiary/aromatic N) is 1. The average molecular weight is 390 g/mol. The van der Waals surface area contributed by atoms with Crippen LogP contribution in [0.25, 0.3) is 0 Å². The summed E-state index contributed by atoms with van der Waals surface area (Å²) in [5.74, 6) is -0.827. The van der Waals surface area contributed by atoms with Crippen molar-refractivity contribution in [2.45, 2.75) is 65.3 Å². The molecule has 1 N–H and O–H groups in total. The fraction of sp³-hybridized carbons (Fsp3) is 0.571. The third-order valence-corrected chi connectivity index (χ3v) is 4.36. The first kappa shape index (κ1) is 21.7. The highest BCUT2D eigenvalue weighted by atomic mass is 16.6. The van der Waals surface area contributed by atoms with Crippen LogP contribution in [0.15, 0.2) is 30.3 Å². The summed E-state index contributed by atoms with van der Waals surface area (Å²) in [7, 11) is 0. The monoisotopic (exact) mass is 390 g/mol. The fourth-order valence-electron chi connectivity index (χ4n) is 3.14. The molecule has 0 unspecified atom stereocenters. The lowest BCUT2D eigenvalue weighted by Gasteiger charge is -2.32. The number of esters is 1. The van der Waals surface area contributed by atoms with E-state index in [4.69, 9.17) is 9.47 Å². The number of amides is 2. The molecular weight excluding hydrogens is 360 g/mol. The SMILES string of the molecule is CC(C)[C@@H](C(=O)OC(C)(C)C)N1CC[C@@H](NC(=O)OCc2ccccc2)C1=O. The molecule has 0 bridgehead atoms. The molecule has 1 aromatic carbocycles. The lowest BCUT2D eigenvalue weighted by molar-refractivity contribution is -0.165. The van der Waals surface area contributed by atoms with Gasteiger partial charge in [0.05, 0.1) is 0 Å². The molecule has 154 valence electrons. The van der Waals surface area contributed by atoms with Crippen molar-refractivity contribution >= 4 is 18.0 Å². The zero-order chi connectivity index (χ0) is 20.9. The third kappa shape index (κ3) is 5.97. The summed E-state index contributed by atoms with van der Waals surface area (Å²) >= 11 is 0. The van der Waals surface area contributed by atoms with Gasteiger partial charge < -0.3 is 19.7 Å². The van der Waals surface area contributed by atoms with Gasteiger partial charge in [-0.3, -0.25) is 4.79 Å². The van der Waals surface area contributed by atoms with Gasteiger partial charge in [-0.2, -0.15) is 0 Å². The van der Waals surface area contributed by atoms with E-state index < -0.39 is 29.7 Å². The molecule has 0 spiro atoms. The molecule has 2 amide bonds. The quantitative estimate of drug-likeness (QED) is 0.755. The lowest BCUT2D eigenvalue weighted by atomic mass is 10.0. The molecule has 2 atom stereocenters. The Labute approximate surface area is 166 Å². The average Bonchev–Trinajstić information content (AvgIpc) is 2.93. The number of ether oxygens (including phenoxy) is 2. The maximum atomic E-state index is 12.8. The van der Waals surface area contributed by atoms with E-state index in [0.717, 1.165) is 5.56 Å². The molecule has 1 aromatic rings. The molecule has 1 fully saturated rings.